The number of aromatic nitrogens is 2. The standard InChI is InChI=1S/C25H31N5O4/c1-7-30-17(3)21(16(2)29-30)15-26-25(27-19-9-8-10-20(14-19)32-4)28-24(31)18-11-12-22(33-5)23(13-18)34-6/h8-14H,7,15H2,1-6H3,(H2,26,27,28,31). The summed E-state index contributed by atoms with van der Waals surface area (Å²) in [7, 11) is 4.67. The predicted molar refractivity (Wildman–Crippen MR) is 132 cm³/mol. The zero-order valence-corrected chi connectivity index (χ0v) is 20.4. The first kappa shape index (κ1) is 24.6. The Morgan fingerprint density at radius 1 is 1.03 bits per heavy atom. The number of guanidine groups is 1. The summed E-state index contributed by atoms with van der Waals surface area (Å²) in [6.07, 6.45) is 0. The Bertz CT molecular complexity index is 1190. The van der Waals surface area contributed by atoms with Crippen LogP contribution in [-0.2, 0) is 13.1 Å². The van der Waals surface area contributed by atoms with Gasteiger partial charge < -0.3 is 19.5 Å². The summed E-state index contributed by atoms with van der Waals surface area (Å²) >= 11 is 0. The smallest absolute Gasteiger partial charge is 0.258 e. The molecule has 0 aliphatic heterocycles. The maximum absolute atomic E-state index is 13.1. The van der Waals surface area contributed by atoms with Gasteiger partial charge in [-0.25, -0.2) is 4.99 Å². The Labute approximate surface area is 199 Å². The van der Waals surface area contributed by atoms with E-state index in [0.29, 0.717) is 35.3 Å². The molecule has 0 aliphatic carbocycles. The number of aryl methyl sites for hydroxylation is 2. The summed E-state index contributed by atoms with van der Waals surface area (Å²) in [4.78, 5) is 17.7. The van der Waals surface area contributed by atoms with E-state index in [9.17, 15) is 4.79 Å². The van der Waals surface area contributed by atoms with E-state index in [1.54, 1.807) is 32.4 Å². The van der Waals surface area contributed by atoms with Crippen LogP contribution in [0.3, 0.4) is 0 Å². The molecule has 1 heterocycles. The molecule has 1 amide bonds. The predicted octanol–water partition coefficient (Wildman–Crippen LogP) is 3.94. The third-order valence-corrected chi connectivity index (χ3v) is 5.44. The quantitative estimate of drug-likeness (QED) is 0.386. The highest BCUT2D eigenvalue weighted by atomic mass is 16.5. The minimum atomic E-state index is -0.340. The molecule has 1 aromatic heterocycles. The highest BCUT2D eigenvalue weighted by Gasteiger charge is 2.15. The molecule has 0 fully saturated rings. The number of hydrogen-bond donors (Lipinski definition) is 2. The van der Waals surface area contributed by atoms with Crippen molar-refractivity contribution in [2.24, 2.45) is 4.99 Å². The van der Waals surface area contributed by atoms with Crippen LogP contribution in [0.1, 0.15) is 34.2 Å². The lowest BCUT2D eigenvalue weighted by Gasteiger charge is -2.14. The van der Waals surface area contributed by atoms with Gasteiger partial charge in [-0.05, 0) is 51.1 Å². The van der Waals surface area contributed by atoms with Crippen LogP contribution in [0.15, 0.2) is 47.5 Å². The Morgan fingerprint density at radius 2 is 1.79 bits per heavy atom. The van der Waals surface area contributed by atoms with Crippen molar-refractivity contribution in [3.05, 3.63) is 65.0 Å². The number of carbonyl (C=O) groups excluding carboxylic acids is 1. The van der Waals surface area contributed by atoms with Crippen molar-refractivity contribution in [2.45, 2.75) is 33.9 Å². The van der Waals surface area contributed by atoms with Gasteiger partial charge in [0, 0.05) is 35.1 Å². The molecular formula is C25H31N5O4. The molecule has 0 unspecified atom stereocenters. The molecule has 9 heteroatoms. The van der Waals surface area contributed by atoms with Crippen LogP contribution in [-0.4, -0.2) is 43.0 Å². The molecule has 34 heavy (non-hydrogen) atoms. The highest BCUT2D eigenvalue weighted by molar-refractivity contribution is 6.10. The van der Waals surface area contributed by atoms with Crippen LogP contribution in [0, 0.1) is 13.8 Å². The number of hydrogen-bond acceptors (Lipinski definition) is 6. The summed E-state index contributed by atoms with van der Waals surface area (Å²) < 4.78 is 17.8. The monoisotopic (exact) mass is 465 g/mol. The van der Waals surface area contributed by atoms with Gasteiger partial charge in [0.2, 0.25) is 5.96 Å². The summed E-state index contributed by atoms with van der Waals surface area (Å²) in [6.45, 7) is 7.16. The molecule has 2 aromatic carbocycles. The maximum Gasteiger partial charge on any atom is 0.258 e. The highest BCUT2D eigenvalue weighted by Crippen LogP contribution is 2.27. The van der Waals surface area contributed by atoms with Crippen molar-refractivity contribution in [3.8, 4) is 17.2 Å². The van der Waals surface area contributed by atoms with Crippen molar-refractivity contribution < 1.29 is 19.0 Å². The van der Waals surface area contributed by atoms with E-state index < -0.39 is 0 Å². The lowest BCUT2D eigenvalue weighted by Crippen LogP contribution is -2.36. The summed E-state index contributed by atoms with van der Waals surface area (Å²) in [5.41, 5.74) is 4.12. The number of nitrogens with one attached hydrogen (secondary N) is 2. The molecule has 2 N–H and O–H groups in total. The van der Waals surface area contributed by atoms with E-state index in [1.165, 1.54) is 7.11 Å². The Morgan fingerprint density at radius 3 is 2.44 bits per heavy atom. The first-order valence-corrected chi connectivity index (χ1v) is 10.9. The van der Waals surface area contributed by atoms with Gasteiger partial charge in [-0.3, -0.25) is 14.8 Å². The van der Waals surface area contributed by atoms with Crippen molar-refractivity contribution in [2.75, 3.05) is 26.6 Å². The molecule has 0 saturated heterocycles. The van der Waals surface area contributed by atoms with Crippen LogP contribution in [0.5, 0.6) is 17.2 Å². The molecule has 0 aliphatic rings. The summed E-state index contributed by atoms with van der Waals surface area (Å²) in [5, 5.41) is 10.6. The fourth-order valence-corrected chi connectivity index (χ4v) is 3.53. The number of rotatable bonds is 8. The van der Waals surface area contributed by atoms with E-state index in [-0.39, 0.29) is 5.91 Å². The molecule has 180 valence electrons. The van der Waals surface area contributed by atoms with Crippen LogP contribution in [0.25, 0.3) is 0 Å². The van der Waals surface area contributed by atoms with Crippen LogP contribution in [0.4, 0.5) is 5.69 Å². The fourth-order valence-electron chi connectivity index (χ4n) is 3.53. The van der Waals surface area contributed by atoms with Crippen LogP contribution in [0.2, 0.25) is 0 Å². The Kier molecular flexibility index (Phi) is 8.13. The number of anilines is 1. The second-order valence-corrected chi connectivity index (χ2v) is 7.51. The number of aliphatic imine (C=N–C) groups is 1. The molecule has 0 saturated carbocycles. The zero-order chi connectivity index (χ0) is 24.7. The number of benzene rings is 2. The lowest BCUT2D eigenvalue weighted by atomic mass is 10.2. The minimum absolute atomic E-state index is 0.302. The molecule has 3 rings (SSSR count). The third kappa shape index (κ3) is 5.67. The van der Waals surface area contributed by atoms with Gasteiger partial charge >= 0.3 is 0 Å². The molecule has 0 radical (unpaired) electrons. The van der Waals surface area contributed by atoms with Crippen molar-refractivity contribution in [1.82, 2.24) is 15.1 Å². The average Bonchev–Trinajstić information content (AvgIpc) is 3.14. The van der Waals surface area contributed by atoms with E-state index in [2.05, 4.69) is 20.7 Å². The average molecular weight is 466 g/mol. The van der Waals surface area contributed by atoms with Gasteiger partial charge in [-0.2, -0.15) is 5.10 Å². The first-order valence-electron chi connectivity index (χ1n) is 10.9. The van der Waals surface area contributed by atoms with Gasteiger partial charge in [0.25, 0.3) is 5.91 Å². The second-order valence-electron chi connectivity index (χ2n) is 7.51. The molecule has 9 nitrogen and oxygen atoms in total. The first-order chi connectivity index (χ1) is 16.4. The number of nitrogens with zero attached hydrogens (tertiary/aromatic N) is 3. The minimum Gasteiger partial charge on any atom is -0.497 e. The third-order valence-electron chi connectivity index (χ3n) is 5.44. The summed E-state index contributed by atoms with van der Waals surface area (Å²) in [6, 6.07) is 12.4. The van der Waals surface area contributed by atoms with Crippen LogP contribution >= 0.6 is 0 Å². The van der Waals surface area contributed by atoms with E-state index in [4.69, 9.17) is 14.2 Å². The fraction of sp³-hybridized carbons (Fsp3) is 0.320. The lowest BCUT2D eigenvalue weighted by molar-refractivity contribution is 0.0976. The topological polar surface area (TPSA) is 99.0 Å². The molecule has 0 bridgehead atoms. The zero-order valence-electron chi connectivity index (χ0n) is 20.4. The number of amides is 1. The second kappa shape index (κ2) is 11.2. The van der Waals surface area contributed by atoms with Gasteiger partial charge in [0.05, 0.1) is 33.6 Å². The van der Waals surface area contributed by atoms with Gasteiger partial charge in [-0.1, -0.05) is 6.07 Å². The number of carbonyl (C=O) groups is 1. The van der Waals surface area contributed by atoms with E-state index in [1.807, 2.05) is 49.7 Å². The van der Waals surface area contributed by atoms with Crippen LogP contribution < -0.4 is 24.8 Å². The maximum atomic E-state index is 13.1. The number of ether oxygens (including phenoxy) is 3. The largest absolute Gasteiger partial charge is 0.497 e. The summed E-state index contributed by atoms with van der Waals surface area (Å²) in [5.74, 6) is 1.66. The van der Waals surface area contributed by atoms with Crippen molar-refractivity contribution >= 4 is 17.6 Å². The van der Waals surface area contributed by atoms with Gasteiger partial charge in [0.15, 0.2) is 11.5 Å². The Balaban J connectivity index is 1.90. The van der Waals surface area contributed by atoms with Crippen molar-refractivity contribution in [3.63, 3.8) is 0 Å². The molecular weight excluding hydrogens is 434 g/mol. The molecule has 0 atom stereocenters. The van der Waals surface area contributed by atoms with E-state index in [0.717, 1.165) is 29.2 Å². The SMILES string of the molecule is CCn1nc(C)c(CN=C(NC(=O)c2ccc(OC)c(OC)c2)Nc2cccc(OC)c2)c1C. The van der Waals surface area contributed by atoms with Crippen molar-refractivity contribution in [1.29, 1.82) is 0 Å². The Hall–Kier alpha value is -4.01. The van der Waals surface area contributed by atoms with E-state index >= 15 is 0 Å². The number of methoxy groups -OCH3 is 3. The van der Waals surface area contributed by atoms with Gasteiger partial charge in [0.1, 0.15) is 5.75 Å². The molecule has 0 spiro atoms. The molecule has 3 aromatic rings. The normalized spacial score (nSPS) is 11.2. The van der Waals surface area contributed by atoms with Gasteiger partial charge in [-0.15, -0.1) is 0 Å².